The van der Waals surface area contributed by atoms with E-state index in [4.69, 9.17) is 10.2 Å². The molecule has 0 aromatic heterocycles. The lowest BCUT2D eigenvalue weighted by molar-refractivity contribution is 0.0697. The van der Waals surface area contributed by atoms with Crippen molar-refractivity contribution in [3.05, 3.63) is 29.6 Å². The first kappa shape index (κ1) is 14.3. The Morgan fingerprint density at radius 2 is 2.10 bits per heavy atom. The van der Waals surface area contributed by atoms with Crippen molar-refractivity contribution in [2.75, 3.05) is 18.5 Å². The Balaban J connectivity index is 2.16. The number of nitrogens with zero attached hydrogens (tertiary/aromatic N) is 1. The van der Waals surface area contributed by atoms with Crippen LogP contribution in [0.15, 0.2) is 18.2 Å². The van der Waals surface area contributed by atoms with E-state index in [2.05, 4.69) is 5.32 Å². The maximum atomic E-state index is 13.0. The molecule has 0 aliphatic heterocycles. The molecular weight excluding hydrogens is 267 g/mol. The zero-order chi connectivity index (χ0) is 14.7. The van der Waals surface area contributed by atoms with Gasteiger partial charge in [0.25, 0.3) is 0 Å². The second kappa shape index (κ2) is 5.87. The van der Waals surface area contributed by atoms with Gasteiger partial charge in [-0.1, -0.05) is 0 Å². The second-order valence-corrected chi connectivity index (χ2v) is 4.57. The number of carbonyl (C=O) groups is 2. The van der Waals surface area contributed by atoms with Gasteiger partial charge in [-0.15, -0.1) is 0 Å². The molecule has 1 aromatic carbocycles. The normalized spacial score (nSPS) is 13.9. The Morgan fingerprint density at radius 3 is 2.65 bits per heavy atom. The Hall–Kier alpha value is -2.15. The summed E-state index contributed by atoms with van der Waals surface area (Å²) < 4.78 is 13.0. The minimum absolute atomic E-state index is 0.0347. The monoisotopic (exact) mass is 282 g/mol. The number of carboxylic acids is 1. The average molecular weight is 282 g/mol. The number of hydrogen-bond donors (Lipinski definition) is 3. The van der Waals surface area contributed by atoms with Crippen molar-refractivity contribution >= 4 is 17.7 Å². The lowest BCUT2D eigenvalue weighted by atomic mass is 10.1. The van der Waals surface area contributed by atoms with Crippen LogP contribution in [0, 0.1) is 5.82 Å². The molecule has 1 aromatic rings. The Labute approximate surface area is 114 Å². The van der Waals surface area contributed by atoms with Crippen molar-refractivity contribution in [3.63, 3.8) is 0 Å². The first-order valence-electron chi connectivity index (χ1n) is 6.24. The molecule has 0 bridgehead atoms. The quantitative estimate of drug-likeness (QED) is 0.763. The number of rotatable bonds is 5. The fraction of sp³-hybridized carbons (Fsp3) is 0.385. The van der Waals surface area contributed by atoms with Crippen molar-refractivity contribution in [1.29, 1.82) is 0 Å². The number of anilines is 1. The van der Waals surface area contributed by atoms with Gasteiger partial charge in [0.15, 0.2) is 0 Å². The van der Waals surface area contributed by atoms with Crippen LogP contribution in [0.5, 0.6) is 0 Å². The molecule has 3 N–H and O–H groups in total. The average Bonchev–Trinajstić information content (AvgIpc) is 3.22. The molecule has 1 aliphatic carbocycles. The van der Waals surface area contributed by atoms with E-state index in [1.165, 1.54) is 11.0 Å². The third-order valence-electron chi connectivity index (χ3n) is 3.04. The van der Waals surface area contributed by atoms with Gasteiger partial charge in [0.05, 0.1) is 17.9 Å². The number of benzene rings is 1. The number of nitrogens with one attached hydrogen (secondary N) is 1. The van der Waals surface area contributed by atoms with Crippen molar-refractivity contribution in [2.45, 2.75) is 18.9 Å². The van der Waals surface area contributed by atoms with E-state index in [9.17, 15) is 14.0 Å². The van der Waals surface area contributed by atoms with E-state index in [1.54, 1.807) is 0 Å². The molecule has 1 fully saturated rings. The molecule has 6 nitrogen and oxygen atoms in total. The highest BCUT2D eigenvalue weighted by atomic mass is 19.1. The van der Waals surface area contributed by atoms with Crippen LogP contribution in [0.1, 0.15) is 23.2 Å². The summed E-state index contributed by atoms with van der Waals surface area (Å²) in [6.07, 6.45) is 1.73. The van der Waals surface area contributed by atoms with Crippen LogP contribution < -0.4 is 5.32 Å². The Kier molecular flexibility index (Phi) is 4.19. The summed E-state index contributed by atoms with van der Waals surface area (Å²) in [5, 5.41) is 20.4. The van der Waals surface area contributed by atoms with Gasteiger partial charge in [-0.2, -0.15) is 0 Å². The van der Waals surface area contributed by atoms with Crippen molar-refractivity contribution in [2.24, 2.45) is 0 Å². The minimum atomic E-state index is -1.32. The summed E-state index contributed by atoms with van der Waals surface area (Å²) in [4.78, 5) is 24.5. The fourth-order valence-corrected chi connectivity index (χ4v) is 1.93. The summed E-state index contributed by atoms with van der Waals surface area (Å²) in [5.41, 5.74) is -0.273. The lowest BCUT2D eigenvalue weighted by Gasteiger charge is -2.22. The van der Waals surface area contributed by atoms with Crippen LogP contribution in [0.4, 0.5) is 14.9 Å². The van der Waals surface area contributed by atoms with Gasteiger partial charge in [-0.05, 0) is 31.0 Å². The van der Waals surface area contributed by atoms with Gasteiger partial charge in [0.1, 0.15) is 5.82 Å². The molecule has 0 saturated heterocycles. The van der Waals surface area contributed by atoms with E-state index < -0.39 is 17.8 Å². The van der Waals surface area contributed by atoms with Crippen LogP contribution >= 0.6 is 0 Å². The molecule has 7 heteroatoms. The van der Waals surface area contributed by atoms with E-state index in [0.717, 1.165) is 25.0 Å². The smallest absolute Gasteiger partial charge is 0.337 e. The number of aliphatic hydroxyl groups excluding tert-OH is 1. The molecule has 2 rings (SSSR count). The van der Waals surface area contributed by atoms with Crippen molar-refractivity contribution in [1.82, 2.24) is 4.90 Å². The van der Waals surface area contributed by atoms with Gasteiger partial charge in [-0.25, -0.2) is 14.0 Å². The predicted molar refractivity (Wildman–Crippen MR) is 69.2 cm³/mol. The third-order valence-corrected chi connectivity index (χ3v) is 3.04. The molecule has 0 unspecified atom stereocenters. The number of carbonyl (C=O) groups excluding carboxylic acids is 1. The molecule has 1 aliphatic rings. The predicted octanol–water partition coefficient (Wildman–Crippen LogP) is 1.51. The molecule has 0 atom stereocenters. The van der Waals surface area contributed by atoms with E-state index in [1.807, 2.05) is 0 Å². The molecule has 0 heterocycles. The van der Waals surface area contributed by atoms with Crippen LogP contribution in [0.25, 0.3) is 0 Å². The van der Waals surface area contributed by atoms with Crippen molar-refractivity contribution < 1.29 is 24.2 Å². The SMILES string of the molecule is O=C(O)c1cc(F)ccc1NC(=O)N(CCO)C1CC1. The van der Waals surface area contributed by atoms with Gasteiger partial charge < -0.3 is 20.4 Å². The van der Waals surface area contributed by atoms with Crippen LogP contribution in [0.2, 0.25) is 0 Å². The zero-order valence-corrected chi connectivity index (χ0v) is 10.7. The van der Waals surface area contributed by atoms with E-state index in [-0.39, 0.29) is 30.4 Å². The van der Waals surface area contributed by atoms with Crippen LogP contribution in [-0.4, -0.2) is 46.3 Å². The second-order valence-electron chi connectivity index (χ2n) is 4.57. The minimum Gasteiger partial charge on any atom is -0.478 e. The van der Waals surface area contributed by atoms with Gasteiger partial charge in [0.2, 0.25) is 0 Å². The summed E-state index contributed by atoms with van der Waals surface area (Å²) in [5.74, 6) is -2.00. The van der Waals surface area contributed by atoms with Gasteiger partial charge in [-0.3, -0.25) is 0 Å². The number of carboxylic acid groups (broad SMARTS) is 1. The highest BCUT2D eigenvalue weighted by molar-refractivity contribution is 6.00. The first-order chi connectivity index (χ1) is 9.52. The third kappa shape index (κ3) is 3.24. The number of urea groups is 1. The summed E-state index contributed by atoms with van der Waals surface area (Å²) in [6.45, 7) is 0.0131. The van der Waals surface area contributed by atoms with E-state index >= 15 is 0 Å². The summed E-state index contributed by atoms with van der Waals surface area (Å²) in [7, 11) is 0. The maximum Gasteiger partial charge on any atom is 0.337 e. The number of amides is 2. The molecule has 20 heavy (non-hydrogen) atoms. The molecule has 0 radical (unpaired) electrons. The largest absolute Gasteiger partial charge is 0.478 e. The highest BCUT2D eigenvalue weighted by Gasteiger charge is 2.32. The number of aliphatic hydroxyl groups is 1. The number of aromatic carboxylic acids is 1. The highest BCUT2D eigenvalue weighted by Crippen LogP contribution is 2.27. The van der Waals surface area contributed by atoms with Gasteiger partial charge >= 0.3 is 12.0 Å². The zero-order valence-electron chi connectivity index (χ0n) is 10.7. The summed E-state index contributed by atoms with van der Waals surface area (Å²) >= 11 is 0. The Bertz CT molecular complexity index is 531. The summed E-state index contributed by atoms with van der Waals surface area (Å²) in [6, 6.07) is 2.73. The fourth-order valence-electron chi connectivity index (χ4n) is 1.93. The topological polar surface area (TPSA) is 89.9 Å². The molecule has 2 amide bonds. The van der Waals surface area contributed by atoms with E-state index in [0.29, 0.717) is 0 Å². The van der Waals surface area contributed by atoms with Crippen molar-refractivity contribution in [3.8, 4) is 0 Å². The Morgan fingerprint density at radius 1 is 1.40 bits per heavy atom. The lowest BCUT2D eigenvalue weighted by Crippen LogP contribution is -2.39. The van der Waals surface area contributed by atoms with Gasteiger partial charge in [0, 0.05) is 12.6 Å². The first-order valence-corrected chi connectivity index (χ1v) is 6.24. The molecule has 1 saturated carbocycles. The number of hydrogen-bond acceptors (Lipinski definition) is 3. The van der Waals surface area contributed by atoms with Crippen LogP contribution in [0.3, 0.4) is 0 Å². The standard InChI is InChI=1S/C13H15FN2O4/c14-8-1-4-11(10(7-8)12(18)19)15-13(20)16(5-6-17)9-2-3-9/h1,4,7,9,17H,2-3,5-6H2,(H,15,20)(H,18,19). The molecular formula is C13H15FN2O4. The molecule has 0 spiro atoms. The van der Waals surface area contributed by atoms with Crippen LogP contribution in [-0.2, 0) is 0 Å². The maximum absolute atomic E-state index is 13.0. The number of halogens is 1. The molecule has 108 valence electrons.